The van der Waals surface area contributed by atoms with Gasteiger partial charge in [0, 0.05) is 20.0 Å². The van der Waals surface area contributed by atoms with Crippen molar-refractivity contribution in [2.24, 2.45) is 0 Å². The van der Waals surface area contributed by atoms with Gasteiger partial charge in [-0.3, -0.25) is 9.59 Å². The molecule has 4 saturated heterocycles. The van der Waals surface area contributed by atoms with Crippen LogP contribution in [0.25, 0.3) is 0 Å². The Morgan fingerprint density at radius 1 is 1.22 bits per heavy atom. The Balaban J connectivity index is 1.88. The predicted molar refractivity (Wildman–Crippen MR) is 97.5 cm³/mol. The fourth-order valence-corrected chi connectivity index (χ4v) is 8.03. The summed E-state index contributed by atoms with van der Waals surface area (Å²) in [5, 5.41) is 0.116. The van der Waals surface area contributed by atoms with E-state index >= 15 is 0 Å². The Morgan fingerprint density at radius 2 is 1.83 bits per heavy atom. The topological polar surface area (TPSA) is 49.9 Å². The second-order valence-electron chi connectivity index (χ2n) is 8.42. The van der Waals surface area contributed by atoms with E-state index in [4.69, 9.17) is 4.43 Å². The van der Waals surface area contributed by atoms with Gasteiger partial charge in [-0.1, -0.05) is 42.4 Å². The Kier molecular flexibility index (Phi) is 3.78. The smallest absolute Gasteiger partial charge is 0.261 e. The first-order valence-electron chi connectivity index (χ1n) is 8.00. The third-order valence-electron chi connectivity index (χ3n) is 5.86. The summed E-state index contributed by atoms with van der Waals surface area (Å²) in [5.41, 5.74) is 0. The maximum Gasteiger partial charge on any atom is 0.261 e. The highest BCUT2D eigenvalue weighted by Crippen LogP contribution is 2.62. The maximum absolute atomic E-state index is 12.9. The lowest BCUT2D eigenvalue weighted by atomic mass is 10.1. The van der Waals surface area contributed by atoms with E-state index in [1.165, 1.54) is 10.8 Å². The van der Waals surface area contributed by atoms with Crippen LogP contribution in [0.4, 0.5) is 0 Å². The Labute approximate surface area is 147 Å². The molecule has 0 radical (unpaired) electrons. The molecular formula is C15H26N2O3S2Si. The second-order valence-corrected chi connectivity index (χ2v) is 16.0. The van der Waals surface area contributed by atoms with E-state index in [1.54, 1.807) is 27.6 Å². The van der Waals surface area contributed by atoms with E-state index in [0.29, 0.717) is 13.0 Å². The van der Waals surface area contributed by atoms with Crippen LogP contribution < -0.4 is 0 Å². The molecule has 0 aromatic rings. The minimum atomic E-state index is -1.92. The van der Waals surface area contributed by atoms with Gasteiger partial charge >= 0.3 is 0 Å². The maximum atomic E-state index is 12.9. The number of rotatable bonds is 2. The molecule has 5 nitrogen and oxygen atoms in total. The van der Waals surface area contributed by atoms with Crippen LogP contribution in [0.5, 0.6) is 0 Å². The molecule has 2 amide bonds. The quantitative estimate of drug-likeness (QED) is 0.549. The first-order chi connectivity index (χ1) is 10.4. The highest BCUT2D eigenvalue weighted by molar-refractivity contribution is 8.78. The highest BCUT2D eigenvalue weighted by atomic mass is 33.1. The van der Waals surface area contributed by atoms with E-state index in [0.717, 1.165) is 0 Å². The van der Waals surface area contributed by atoms with Gasteiger partial charge in [0.1, 0.15) is 0 Å². The van der Waals surface area contributed by atoms with Gasteiger partial charge in [0.2, 0.25) is 0 Å². The molecule has 130 valence electrons. The van der Waals surface area contributed by atoms with Crippen molar-refractivity contribution in [3.8, 4) is 0 Å². The molecule has 8 heteroatoms. The molecule has 0 aliphatic carbocycles. The summed E-state index contributed by atoms with van der Waals surface area (Å²) < 4.78 is 6.52. The van der Waals surface area contributed by atoms with Crippen LogP contribution in [0.3, 0.4) is 0 Å². The normalized spacial score (nSPS) is 37.6. The summed E-state index contributed by atoms with van der Waals surface area (Å²) in [7, 11) is 2.88. The first kappa shape index (κ1) is 17.6. The van der Waals surface area contributed by atoms with E-state index in [1.807, 2.05) is 6.92 Å². The van der Waals surface area contributed by atoms with Crippen molar-refractivity contribution in [1.82, 2.24) is 9.80 Å². The fourth-order valence-electron chi connectivity index (χ4n) is 3.16. The van der Waals surface area contributed by atoms with Gasteiger partial charge in [0.15, 0.2) is 18.1 Å². The molecule has 4 aliphatic heterocycles. The Bertz CT molecular complexity index is 578. The summed E-state index contributed by atoms with van der Waals surface area (Å²) in [6, 6.07) is 0. The van der Waals surface area contributed by atoms with E-state index in [9.17, 15) is 9.59 Å². The number of nitrogens with zero attached hydrogens (tertiary/aromatic N) is 2. The molecule has 0 aromatic heterocycles. The molecular weight excluding hydrogens is 348 g/mol. The fraction of sp³-hybridized carbons (Fsp3) is 0.867. The van der Waals surface area contributed by atoms with Crippen molar-refractivity contribution in [3.05, 3.63) is 0 Å². The van der Waals surface area contributed by atoms with Crippen LogP contribution in [-0.2, 0) is 14.0 Å². The molecule has 0 aromatic carbocycles. The molecule has 4 heterocycles. The Morgan fingerprint density at radius 3 is 2.39 bits per heavy atom. The van der Waals surface area contributed by atoms with E-state index in [-0.39, 0.29) is 23.0 Å². The van der Waals surface area contributed by atoms with Crippen molar-refractivity contribution in [2.45, 2.75) is 68.1 Å². The van der Waals surface area contributed by atoms with Crippen molar-refractivity contribution in [2.75, 3.05) is 13.6 Å². The minimum absolute atomic E-state index is 0.0460. The van der Waals surface area contributed by atoms with Gasteiger partial charge in [0.25, 0.3) is 11.8 Å². The molecule has 4 rings (SSSR count). The number of fused-ring (bicyclic) bond motifs is 2. The molecule has 23 heavy (non-hydrogen) atoms. The highest BCUT2D eigenvalue weighted by Gasteiger charge is 2.69. The zero-order chi connectivity index (χ0) is 17.4. The zero-order valence-electron chi connectivity index (χ0n) is 14.9. The van der Waals surface area contributed by atoms with E-state index in [2.05, 4.69) is 33.9 Å². The van der Waals surface area contributed by atoms with Crippen LogP contribution in [0.1, 0.15) is 34.1 Å². The summed E-state index contributed by atoms with van der Waals surface area (Å²) in [6.45, 7) is 13.4. The molecule has 0 saturated carbocycles. The lowest BCUT2D eigenvalue weighted by Gasteiger charge is -2.56. The largest absolute Gasteiger partial charge is 0.412 e. The summed E-state index contributed by atoms with van der Waals surface area (Å²) in [6.07, 6.45) is 0.549. The van der Waals surface area contributed by atoms with Crippen LogP contribution in [0, 0.1) is 0 Å². The predicted octanol–water partition coefficient (Wildman–Crippen LogP) is 2.89. The molecule has 2 bridgehead atoms. The van der Waals surface area contributed by atoms with Crippen LogP contribution in [0.15, 0.2) is 0 Å². The number of likely N-dealkylation sites (N-methyl/N-ethyl adjacent to an activating group) is 1. The molecule has 0 N–H and O–H groups in total. The molecule has 1 spiro atoms. The average Bonchev–Trinajstić information content (AvgIpc) is 2.78. The summed E-state index contributed by atoms with van der Waals surface area (Å²) >= 11 is 0. The monoisotopic (exact) mass is 374 g/mol. The van der Waals surface area contributed by atoms with Crippen molar-refractivity contribution >= 4 is 41.7 Å². The van der Waals surface area contributed by atoms with Gasteiger partial charge in [-0.05, 0) is 25.1 Å². The lowest BCUT2D eigenvalue weighted by molar-refractivity contribution is -0.161. The SMILES string of the molecule is CN1C(=O)[C@@]23C[C@@H](O[Si](C)(C)C(C)(C)C)CN2C(=O)[C@]1(C)SS3. The number of carbonyl (C=O) groups is 2. The van der Waals surface area contributed by atoms with Crippen molar-refractivity contribution in [1.29, 1.82) is 0 Å². The zero-order valence-corrected chi connectivity index (χ0v) is 17.6. The van der Waals surface area contributed by atoms with Gasteiger partial charge in [-0.25, -0.2) is 0 Å². The van der Waals surface area contributed by atoms with Gasteiger partial charge in [-0.2, -0.15) is 0 Å². The van der Waals surface area contributed by atoms with Gasteiger partial charge in [0.05, 0.1) is 6.10 Å². The second kappa shape index (κ2) is 4.92. The number of hydrogen-bond acceptors (Lipinski definition) is 5. The lowest BCUT2D eigenvalue weighted by Crippen LogP contribution is -2.73. The molecule has 4 fully saturated rings. The van der Waals surface area contributed by atoms with Gasteiger partial charge < -0.3 is 14.2 Å². The van der Waals surface area contributed by atoms with E-state index < -0.39 is 18.1 Å². The van der Waals surface area contributed by atoms with Crippen LogP contribution in [0.2, 0.25) is 18.1 Å². The van der Waals surface area contributed by atoms with Crippen molar-refractivity contribution < 1.29 is 14.0 Å². The molecule has 3 atom stereocenters. The number of piperazine rings is 1. The van der Waals surface area contributed by atoms with Crippen LogP contribution in [-0.4, -0.2) is 59.4 Å². The van der Waals surface area contributed by atoms with Gasteiger partial charge in [-0.15, -0.1) is 0 Å². The summed E-state index contributed by atoms with van der Waals surface area (Å²) in [4.78, 5) is 27.7. The average molecular weight is 375 g/mol. The Hall–Kier alpha value is -0.183. The third-order valence-corrected chi connectivity index (χ3v) is 14.1. The number of carbonyl (C=O) groups excluding carboxylic acids is 2. The third kappa shape index (κ3) is 2.24. The van der Waals surface area contributed by atoms with Crippen molar-refractivity contribution in [3.63, 3.8) is 0 Å². The standard InChI is InChI=1S/C15H26N2O3S2Si/c1-13(2,3)23(6,7)20-10-8-15-12(19)16(5)14(4,21-22-15)11(18)17(15)9-10/h10H,8-9H2,1-7H3/t10-,14+,15+/m1/s1. The summed E-state index contributed by atoms with van der Waals surface area (Å²) in [5.74, 6) is 0.0920. The first-order valence-corrected chi connectivity index (χ1v) is 13.1. The number of hydrogen-bond donors (Lipinski definition) is 0. The number of amides is 2. The minimum Gasteiger partial charge on any atom is -0.412 e. The molecule has 4 aliphatic rings. The van der Waals surface area contributed by atoms with Crippen LogP contribution >= 0.6 is 21.6 Å². The molecule has 0 unspecified atom stereocenters.